The van der Waals surface area contributed by atoms with Crippen LogP contribution in [0.25, 0.3) is 0 Å². The van der Waals surface area contributed by atoms with Gasteiger partial charge in [0.15, 0.2) is 15.6 Å². The van der Waals surface area contributed by atoms with Gasteiger partial charge in [0, 0.05) is 19.6 Å². The Hall–Kier alpha value is -3.33. The van der Waals surface area contributed by atoms with Crippen molar-refractivity contribution in [1.29, 1.82) is 0 Å². The maximum absolute atomic E-state index is 13.3. The molecule has 2 aliphatic rings. The van der Waals surface area contributed by atoms with E-state index in [2.05, 4.69) is 10.6 Å². The zero-order valence-electron chi connectivity index (χ0n) is 21.1. The van der Waals surface area contributed by atoms with Crippen LogP contribution in [0.4, 0.5) is 4.79 Å². The normalized spacial score (nSPS) is 19.4. The fourth-order valence-corrected chi connectivity index (χ4v) is 7.31. The Morgan fingerprint density at radius 1 is 0.949 bits per heavy atom. The first-order valence-electron chi connectivity index (χ1n) is 12.3. The van der Waals surface area contributed by atoms with Gasteiger partial charge >= 0.3 is 6.03 Å². The molecule has 0 spiro atoms. The van der Waals surface area contributed by atoms with Crippen molar-refractivity contribution in [2.24, 2.45) is 0 Å². The molecule has 4 rings (SSSR count). The third kappa shape index (κ3) is 7.41. The van der Waals surface area contributed by atoms with E-state index in [1.54, 1.807) is 48.5 Å². The molecule has 0 saturated carbocycles. The number of sulfonamides is 1. The number of morpholine rings is 1. The van der Waals surface area contributed by atoms with Crippen LogP contribution in [0.15, 0.2) is 65.6 Å². The van der Waals surface area contributed by atoms with Crippen LogP contribution in [0.2, 0.25) is 0 Å². The Kier molecular flexibility index (Phi) is 9.00. The first-order chi connectivity index (χ1) is 18.5. The summed E-state index contributed by atoms with van der Waals surface area (Å²) in [5.41, 5.74) is 0.517. The molecule has 14 heteroatoms. The Bertz CT molecular complexity index is 1400. The van der Waals surface area contributed by atoms with Gasteiger partial charge in [-0.2, -0.15) is 4.31 Å². The van der Waals surface area contributed by atoms with Crippen LogP contribution in [-0.4, -0.2) is 101 Å². The van der Waals surface area contributed by atoms with Crippen LogP contribution in [0.5, 0.6) is 0 Å². The quantitative estimate of drug-likeness (QED) is 0.413. The van der Waals surface area contributed by atoms with E-state index < -0.39 is 62.0 Å². The summed E-state index contributed by atoms with van der Waals surface area (Å²) in [6.07, 6.45) is 0. The zero-order chi connectivity index (χ0) is 28.0. The van der Waals surface area contributed by atoms with Crippen molar-refractivity contribution in [3.05, 3.63) is 66.2 Å². The summed E-state index contributed by atoms with van der Waals surface area (Å²) in [6, 6.07) is 12.6. The molecule has 2 N–H and O–H groups in total. The Morgan fingerprint density at radius 2 is 1.56 bits per heavy atom. The highest BCUT2D eigenvalue weighted by molar-refractivity contribution is 7.90. The van der Waals surface area contributed by atoms with Crippen LogP contribution in [-0.2, 0) is 39.9 Å². The summed E-state index contributed by atoms with van der Waals surface area (Å²) in [4.78, 5) is 40.2. The van der Waals surface area contributed by atoms with Crippen molar-refractivity contribution in [2.45, 2.75) is 22.7 Å². The van der Waals surface area contributed by atoms with E-state index in [0.717, 1.165) is 4.31 Å². The van der Waals surface area contributed by atoms with Crippen molar-refractivity contribution in [2.75, 3.05) is 45.1 Å². The van der Waals surface area contributed by atoms with Crippen molar-refractivity contribution < 1.29 is 36.0 Å². The molecule has 2 aromatic carbocycles. The maximum atomic E-state index is 13.3. The first-order valence-corrected chi connectivity index (χ1v) is 15.6. The first kappa shape index (κ1) is 28.7. The average molecular weight is 579 g/mol. The molecular weight excluding hydrogens is 548 g/mol. The Balaban J connectivity index is 1.48. The predicted octanol–water partition coefficient (Wildman–Crippen LogP) is -0.230. The zero-order valence-corrected chi connectivity index (χ0v) is 22.7. The van der Waals surface area contributed by atoms with Crippen molar-refractivity contribution in [1.82, 2.24) is 19.8 Å². The number of sulfone groups is 1. The van der Waals surface area contributed by atoms with Gasteiger partial charge in [0.05, 0.1) is 36.2 Å². The van der Waals surface area contributed by atoms with Crippen molar-refractivity contribution >= 4 is 37.6 Å². The second-order valence-electron chi connectivity index (χ2n) is 9.28. The molecule has 0 aliphatic carbocycles. The lowest BCUT2D eigenvalue weighted by Crippen LogP contribution is -2.57. The van der Waals surface area contributed by atoms with E-state index in [-0.39, 0.29) is 30.3 Å². The minimum Gasteiger partial charge on any atom is -0.378 e. The van der Waals surface area contributed by atoms with Gasteiger partial charge in [0.2, 0.25) is 15.9 Å². The Labute approximate surface area is 227 Å². The number of hydrogen-bond acceptors (Lipinski definition) is 8. The fraction of sp³-hybridized carbons (Fsp3) is 0.400. The van der Waals surface area contributed by atoms with E-state index in [1.807, 2.05) is 0 Å². The predicted molar refractivity (Wildman–Crippen MR) is 141 cm³/mol. The summed E-state index contributed by atoms with van der Waals surface area (Å²) in [6.45, 7) is 0.383. The number of nitrogens with zero attached hydrogens (tertiary/aromatic N) is 2. The standard InChI is InChI=1S/C25H30N4O8S2/c30-23-16-29(39(35,36)20-9-5-2-6-10-20)15-21(23)26-24(31)22(27-25(32)28-11-13-37-14-12-28)18-38(33,34)17-19-7-3-1-4-8-19/h1-10,21-22H,11-18H2,(H,26,31)(H,27,32)/t21?,22-/m0/s1. The summed E-state index contributed by atoms with van der Waals surface area (Å²) in [5, 5.41) is 4.94. The summed E-state index contributed by atoms with van der Waals surface area (Å²) in [5.74, 6) is -2.51. The smallest absolute Gasteiger partial charge is 0.318 e. The number of amides is 3. The van der Waals surface area contributed by atoms with Gasteiger partial charge in [-0.3, -0.25) is 9.59 Å². The molecule has 0 aromatic heterocycles. The van der Waals surface area contributed by atoms with Crippen LogP contribution < -0.4 is 10.6 Å². The molecule has 0 radical (unpaired) electrons. The van der Waals surface area contributed by atoms with Crippen LogP contribution >= 0.6 is 0 Å². The summed E-state index contributed by atoms with van der Waals surface area (Å²) in [7, 11) is -7.86. The van der Waals surface area contributed by atoms with Gasteiger partial charge in [-0.15, -0.1) is 0 Å². The lowest BCUT2D eigenvalue weighted by Gasteiger charge is -2.29. The van der Waals surface area contributed by atoms with Crippen LogP contribution in [0, 0.1) is 0 Å². The molecule has 1 unspecified atom stereocenters. The van der Waals surface area contributed by atoms with Gasteiger partial charge in [0.25, 0.3) is 0 Å². The highest BCUT2D eigenvalue weighted by Crippen LogP contribution is 2.19. The molecule has 2 saturated heterocycles. The molecule has 2 aromatic rings. The molecule has 2 heterocycles. The molecule has 2 atom stereocenters. The lowest BCUT2D eigenvalue weighted by atomic mass is 10.2. The van der Waals surface area contributed by atoms with E-state index in [0.29, 0.717) is 18.8 Å². The highest BCUT2D eigenvalue weighted by atomic mass is 32.2. The third-order valence-electron chi connectivity index (χ3n) is 6.37. The van der Waals surface area contributed by atoms with Gasteiger partial charge in [-0.25, -0.2) is 21.6 Å². The number of rotatable bonds is 9. The van der Waals surface area contributed by atoms with Crippen LogP contribution in [0.3, 0.4) is 0 Å². The molecule has 39 heavy (non-hydrogen) atoms. The molecule has 2 fully saturated rings. The molecule has 0 bridgehead atoms. The number of carbonyl (C=O) groups excluding carboxylic acids is 3. The number of ketones is 1. The molecule has 3 amide bonds. The van der Waals surface area contributed by atoms with E-state index in [1.165, 1.54) is 17.0 Å². The maximum Gasteiger partial charge on any atom is 0.318 e. The lowest BCUT2D eigenvalue weighted by molar-refractivity contribution is -0.126. The fourth-order valence-electron chi connectivity index (χ4n) is 4.31. The number of nitrogens with one attached hydrogen (secondary N) is 2. The number of benzene rings is 2. The van der Waals surface area contributed by atoms with Gasteiger partial charge in [0.1, 0.15) is 12.1 Å². The molecule has 2 aliphatic heterocycles. The second kappa shape index (κ2) is 12.2. The molecular formula is C25H30N4O8S2. The third-order valence-corrected chi connectivity index (χ3v) is 9.81. The average Bonchev–Trinajstić information content (AvgIpc) is 3.30. The number of urea groups is 1. The second-order valence-corrected chi connectivity index (χ2v) is 13.3. The van der Waals surface area contributed by atoms with E-state index in [9.17, 15) is 31.2 Å². The molecule has 210 valence electrons. The van der Waals surface area contributed by atoms with Crippen molar-refractivity contribution in [3.63, 3.8) is 0 Å². The van der Waals surface area contributed by atoms with E-state index >= 15 is 0 Å². The number of Topliss-reactive ketones (excluding diaryl/α,β-unsaturated/α-hetero) is 1. The van der Waals surface area contributed by atoms with Crippen molar-refractivity contribution in [3.8, 4) is 0 Å². The van der Waals surface area contributed by atoms with Gasteiger partial charge < -0.3 is 20.3 Å². The molecule has 12 nitrogen and oxygen atoms in total. The largest absolute Gasteiger partial charge is 0.378 e. The van der Waals surface area contributed by atoms with Crippen LogP contribution in [0.1, 0.15) is 5.56 Å². The summed E-state index contributed by atoms with van der Waals surface area (Å²) >= 11 is 0. The number of hydrogen-bond donors (Lipinski definition) is 2. The minimum atomic E-state index is -3.98. The SMILES string of the molecule is O=C1CN(S(=O)(=O)c2ccccc2)CC1NC(=O)[C@H](CS(=O)(=O)Cc1ccccc1)NC(=O)N1CCOCC1. The monoisotopic (exact) mass is 578 g/mol. The van der Waals surface area contributed by atoms with E-state index in [4.69, 9.17) is 4.74 Å². The van der Waals surface area contributed by atoms with Gasteiger partial charge in [-0.1, -0.05) is 48.5 Å². The highest BCUT2D eigenvalue weighted by Gasteiger charge is 2.40. The topological polar surface area (TPSA) is 159 Å². The Morgan fingerprint density at radius 3 is 2.21 bits per heavy atom. The van der Waals surface area contributed by atoms with Gasteiger partial charge in [-0.05, 0) is 17.7 Å². The number of carbonyl (C=O) groups is 3. The minimum absolute atomic E-state index is 0.00688. The summed E-state index contributed by atoms with van der Waals surface area (Å²) < 4.78 is 58.1. The number of ether oxygens (including phenoxy) is 1.